The molecule has 1 heterocycles. The number of carboxylic acid groups (broad SMARTS) is 1. The molecule has 35 heavy (non-hydrogen) atoms. The first-order valence-electron chi connectivity index (χ1n) is 10.7. The molecule has 0 aliphatic rings. The minimum absolute atomic E-state index is 0.0163. The largest absolute Gasteiger partial charge is 0.480 e. The second-order valence-corrected chi connectivity index (χ2v) is 7.58. The van der Waals surface area contributed by atoms with Crippen LogP contribution in [-0.2, 0) is 30.4 Å². The number of amides is 4. The molecule has 3 atom stereocenters. The van der Waals surface area contributed by atoms with Crippen molar-refractivity contribution >= 4 is 35.6 Å². The Kier molecular flexibility index (Phi) is 12.2. The molecule has 16 heteroatoms. The van der Waals surface area contributed by atoms with Gasteiger partial charge < -0.3 is 49.0 Å². The van der Waals surface area contributed by atoms with Gasteiger partial charge in [-0.05, 0) is 19.3 Å². The van der Waals surface area contributed by atoms with Gasteiger partial charge in [0, 0.05) is 31.3 Å². The fourth-order valence-electron chi connectivity index (χ4n) is 2.86. The lowest BCUT2D eigenvalue weighted by Gasteiger charge is -2.24. The molecule has 0 aromatic carbocycles. The molecule has 0 spiro atoms. The number of nitrogens with two attached hydrogens (primary N) is 4. The van der Waals surface area contributed by atoms with E-state index < -0.39 is 54.3 Å². The van der Waals surface area contributed by atoms with Gasteiger partial charge in [0.15, 0.2) is 5.96 Å². The Labute approximate surface area is 200 Å². The van der Waals surface area contributed by atoms with Crippen LogP contribution in [0.5, 0.6) is 0 Å². The molecular formula is C19H32N10O6. The van der Waals surface area contributed by atoms with Gasteiger partial charge in [-0.15, -0.1) is 0 Å². The van der Waals surface area contributed by atoms with Crippen LogP contribution in [0.15, 0.2) is 17.5 Å². The number of rotatable bonds is 16. The number of carbonyl (C=O) groups excluding carboxylic acids is 4. The lowest BCUT2D eigenvalue weighted by Crippen LogP contribution is -2.56. The third-order valence-electron chi connectivity index (χ3n) is 4.64. The number of nitrogens with zero attached hydrogens (tertiary/aromatic N) is 2. The molecule has 0 aliphatic heterocycles. The number of aliphatic carboxylic acids is 1. The summed E-state index contributed by atoms with van der Waals surface area (Å²) in [6.45, 7) is -0.480. The van der Waals surface area contributed by atoms with Crippen LogP contribution in [-0.4, -0.2) is 81.8 Å². The van der Waals surface area contributed by atoms with E-state index in [0.29, 0.717) is 12.1 Å². The normalized spacial score (nSPS) is 13.1. The zero-order valence-electron chi connectivity index (χ0n) is 19.0. The maximum atomic E-state index is 13.0. The van der Waals surface area contributed by atoms with Gasteiger partial charge >= 0.3 is 5.97 Å². The smallest absolute Gasteiger partial charge is 0.322 e. The highest BCUT2D eigenvalue weighted by Crippen LogP contribution is 2.05. The molecule has 16 nitrogen and oxygen atoms in total. The minimum Gasteiger partial charge on any atom is -0.480 e. The quantitative estimate of drug-likeness (QED) is 0.0603. The first kappa shape index (κ1) is 28.8. The number of nitrogens with one attached hydrogen (secondary N) is 4. The summed E-state index contributed by atoms with van der Waals surface area (Å²) in [6.07, 6.45) is 3.05. The molecule has 0 saturated carbocycles. The lowest BCUT2D eigenvalue weighted by atomic mass is 10.1. The zero-order valence-corrected chi connectivity index (χ0v) is 19.0. The SMILES string of the molecule is NC(=O)CCC(N)C(=O)NC(Cc1cnc[nH]1)C(=O)NC(CCCN=C(N)N)C(=O)NCC(=O)O. The second kappa shape index (κ2) is 14.8. The molecule has 3 unspecified atom stereocenters. The lowest BCUT2D eigenvalue weighted by molar-refractivity contribution is -0.138. The maximum Gasteiger partial charge on any atom is 0.322 e. The van der Waals surface area contributed by atoms with Gasteiger partial charge in [-0.3, -0.25) is 29.0 Å². The average Bonchev–Trinajstić information content (AvgIpc) is 3.30. The van der Waals surface area contributed by atoms with Gasteiger partial charge in [0.25, 0.3) is 0 Å². The topological polar surface area (TPSA) is 287 Å². The van der Waals surface area contributed by atoms with Crippen LogP contribution in [0.2, 0.25) is 0 Å². The van der Waals surface area contributed by atoms with Gasteiger partial charge in [-0.1, -0.05) is 0 Å². The Morgan fingerprint density at radius 2 is 1.71 bits per heavy atom. The highest BCUT2D eigenvalue weighted by molar-refractivity contribution is 5.94. The Bertz CT molecular complexity index is 900. The van der Waals surface area contributed by atoms with Crippen molar-refractivity contribution in [3.05, 3.63) is 18.2 Å². The van der Waals surface area contributed by atoms with E-state index in [0.717, 1.165) is 0 Å². The van der Waals surface area contributed by atoms with Crippen molar-refractivity contribution in [1.29, 1.82) is 0 Å². The van der Waals surface area contributed by atoms with E-state index in [9.17, 15) is 24.0 Å². The fourth-order valence-corrected chi connectivity index (χ4v) is 2.86. The van der Waals surface area contributed by atoms with Gasteiger partial charge in [0.1, 0.15) is 18.6 Å². The summed E-state index contributed by atoms with van der Waals surface area (Å²) in [5.74, 6) is -4.21. The van der Waals surface area contributed by atoms with Crippen molar-refractivity contribution in [2.75, 3.05) is 13.1 Å². The summed E-state index contributed by atoms with van der Waals surface area (Å²) < 4.78 is 0. The van der Waals surface area contributed by atoms with E-state index in [4.69, 9.17) is 28.0 Å². The molecule has 1 rings (SSSR count). The van der Waals surface area contributed by atoms with Gasteiger partial charge in [-0.25, -0.2) is 4.98 Å². The summed E-state index contributed by atoms with van der Waals surface area (Å²) in [5, 5.41) is 16.0. The predicted molar refractivity (Wildman–Crippen MR) is 123 cm³/mol. The number of guanidine groups is 1. The third-order valence-corrected chi connectivity index (χ3v) is 4.64. The number of hydrogen-bond donors (Lipinski definition) is 9. The highest BCUT2D eigenvalue weighted by Gasteiger charge is 2.28. The van der Waals surface area contributed by atoms with Crippen LogP contribution in [0.3, 0.4) is 0 Å². The molecule has 0 fully saturated rings. The van der Waals surface area contributed by atoms with Crippen molar-refractivity contribution in [2.24, 2.45) is 27.9 Å². The van der Waals surface area contributed by atoms with Crippen LogP contribution in [0.4, 0.5) is 0 Å². The number of hydrogen-bond acceptors (Lipinski definition) is 8. The molecule has 0 bridgehead atoms. The van der Waals surface area contributed by atoms with Crippen molar-refractivity contribution in [2.45, 2.75) is 50.2 Å². The first-order valence-corrected chi connectivity index (χ1v) is 10.7. The Morgan fingerprint density at radius 3 is 2.29 bits per heavy atom. The number of carboxylic acids is 1. The fraction of sp³-hybridized carbons (Fsp3) is 0.526. The number of aromatic amines is 1. The summed E-state index contributed by atoms with van der Waals surface area (Å²) in [7, 11) is 0. The van der Waals surface area contributed by atoms with Crippen LogP contribution >= 0.6 is 0 Å². The van der Waals surface area contributed by atoms with Crippen molar-refractivity contribution in [3.8, 4) is 0 Å². The highest BCUT2D eigenvalue weighted by atomic mass is 16.4. The Morgan fingerprint density at radius 1 is 1.03 bits per heavy atom. The first-order chi connectivity index (χ1) is 16.5. The van der Waals surface area contributed by atoms with E-state index in [-0.39, 0.29) is 38.2 Å². The van der Waals surface area contributed by atoms with E-state index in [1.165, 1.54) is 12.5 Å². The van der Waals surface area contributed by atoms with Crippen molar-refractivity contribution in [3.63, 3.8) is 0 Å². The number of aliphatic imine (C=N–C) groups is 1. The van der Waals surface area contributed by atoms with E-state index in [1.807, 2.05) is 0 Å². The van der Waals surface area contributed by atoms with E-state index >= 15 is 0 Å². The van der Waals surface area contributed by atoms with Crippen LogP contribution < -0.4 is 38.9 Å². The summed E-state index contributed by atoms with van der Waals surface area (Å²) in [4.78, 5) is 70.3. The molecule has 0 radical (unpaired) electrons. The minimum atomic E-state index is -1.27. The number of primary amides is 1. The number of aromatic nitrogens is 2. The number of imidazole rings is 1. The molecule has 0 aliphatic carbocycles. The summed E-state index contributed by atoms with van der Waals surface area (Å²) in [6, 6.07) is -3.41. The number of H-pyrrole nitrogens is 1. The molecular weight excluding hydrogens is 464 g/mol. The van der Waals surface area contributed by atoms with Crippen molar-refractivity contribution < 1.29 is 29.1 Å². The predicted octanol–water partition coefficient (Wildman–Crippen LogP) is -4.23. The molecule has 13 N–H and O–H groups in total. The maximum absolute atomic E-state index is 13.0. The third kappa shape index (κ3) is 12.0. The van der Waals surface area contributed by atoms with Gasteiger partial charge in [-0.2, -0.15) is 0 Å². The van der Waals surface area contributed by atoms with Crippen LogP contribution in [0.25, 0.3) is 0 Å². The summed E-state index contributed by atoms with van der Waals surface area (Å²) in [5.41, 5.74) is 21.9. The molecule has 0 saturated heterocycles. The van der Waals surface area contributed by atoms with Gasteiger partial charge in [0.05, 0.1) is 12.4 Å². The van der Waals surface area contributed by atoms with Crippen molar-refractivity contribution in [1.82, 2.24) is 25.9 Å². The van der Waals surface area contributed by atoms with Gasteiger partial charge in [0.2, 0.25) is 23.6 Å². The molecule has 1 aromatic heterocycles. The Balaban J connectivity index is 2.96. The van der Waals surface area contributed by atoms with Crippen LogP contribution in [0, 0.1) is 0 Å². The Hall–Kier alpha value is -4.21. The van der Waals surface area contributed by atoms with E-state index in [1.54, 1.807) is 0 Å². The number of carbonyl (C=O) groups is 5. The monoisotopic (exact) mass is 496 g/mol. The molecule has 4 amide bonds. The average molecular weight is 497 g/mol. The standard InChI is InChI=1S/C19H32N10O6/c20-11(3-4-14(21)30)16(33)29-13(6-10-7-24-9-27-10)18(35)28-12(2-1-5-25-19(22)23)17(34)26-8-15(31)32/h7,9,11-13H,1-6,8,20H2,(H2,21,30)(H,24,27)(H,26,34)(H,28,35)(H,29,33)(H,31,32)(H4,22,23,25). The zero-order chi connectivity index (χ0) is 26.4. The molecule has 1 aromatic rings. The van der Waals surface area contributed by atoms with E-state index in [2.05, 4.69) is 30.9 Å². The van der Waals surface area contributed by atoms with Crippen LogP contribution in [0.1, 0.15) is 31.4 Å². The molecule has 194 valence electrons. The second-order valence-electron chi connectivity index (χ2n) is 7.58. The summed E-state index contributed by atoms with van der Waals surface area (Å²) >= 11 is 0.